The lowest BCUT2D eigenvalue weighted by molar-refractivity contribution is -0.122. The Kier molecular flexibility index (Phi) is 5.89. The van der Waals surface area contributed by atoms with Crippen molar-refractivity contribution in [3.63, 3.8) is 0 Å². The van der Waals surface area contributed by atoms with E-state index >= 15 is 0 Å². The number of anilines is 1. The van der Waals surface area contributed by atoms with E-state index in [0.717, 1.165) is 0 Å². The largest absolute Gasteiger partial charge is 0.484 e. The summed E-state index contributed by atoms with van der Waals surface area (Å²) in [5.74, 6) is -0.501. The highest BCUT2D eigenvalue weighted by atomic mass is 19.1. The first kappa shape index (κ1) is 17.5. The third-order valence-electron chi connectivity index (χ3n) is 3.29. The molecule has 24 heavy (non-hydrogen) atoms. The Morgan fingerprint density at radius 3 is 2.46 bits per heavy atom. The summed E-state index contributed by atoms with van der Waals surface area (Å²) in [7, 11) is 0. The number of ether oxygens (including phenoxy) is 1. The summed E-state index contributed by atoms with van der Waals surface area (Å²) in [6, 6.07) is 10.9. The van der Waals surface area contributed by atoms with Gasteiger partial charge < -0.3 is 15.4 Å². The lowest BCUT2D eigenvalue weighted by Gasteiger charge is -2.09. The third-order valence-corrected chi connectivity index (χ3v) is 3.29. The van der Waals surface area contributed by atoms with E-state index < -0.39 is 11.7 Å². The molecule has 126 valence electrons. The second-order valence-electron chi connectivity index (χ2n) is 5.18. The first-order valence-corrected chi connectivity index (χ1v) is 7.56. The number of hydrogen-bond donors (Lipinski definition) is 2. The first-order valence-electron chi connectivity index (χ1n) is 7.56. The average molecular weight is 330 g/mol. The summed E-state index contributed by atoms with van der Waals surface area (Å²) in [5, 5.41) is 5.31. The number of halogens is 1. The maximum absolute atomic E-state index is 13.5. The molecule has 2 aromatic carbocycles. The Morgan fingerprint density at radius 2 is 1.83 bits per heavy atom. The molecule has 2 N–H and O–H groups in total. The van der Waals surface area contributed by atoms with Gasteiger partial charge >= 0.3 is 0 Å². The van der Waals surface area contributed by atoms with Crippen molar-refractivity contribution in [1.29, 1.82) is 0 Å². The number of rotatable bonds is 6. The summed E-state index contributed by atoms with van der Waals surface area (Å²) in [6.07, 6.45) is 0. The minimum atomic E-state index is -0.420. The predicted molar refractivity (Wildman–Crippen MR) is 89.7 cm³/mol. The molecule has 0 saturated carbocycles. The molecule has 0 aliphatic heterocycles. The van der Waals surface area contributed by atoms with E-state index in [-0.39, 0.29) is 18.1 Å². The lowest BCUT2D eigenvalue weighted by Crippen LogP contribution is -2.28. The molecular weight excluding hydrogens is 311 g/mol. The smallest absolute Gasteiger partial charge is 0.257 e. The summed E-state index contributed by atoms with van der Waals surface area (Å²) >= 11 is 0. The topological polar surface area (TPSA) is 67.4 Å². The van der Waals surface area contributed by atoms with Crippen LogP contribution in [0, 0.1) is 12.7 Å². The molecule has 0 fully saturated rings. The number of carbonyl (C=O) groups excluding carboxylic acids is 2. The van der Waals surface area contributed by atoms with Gasteiger partial charge in [0.05, 0.1) is 0 Å². The molecule has 0 bridgehead atoms. The Bertz CT molecular complexity index is 730. The van der Waals surface area contributed by atoms with Crippen molar-refractivity contribution in [2.75, 3.05) is 18.5 Å². The number of benzene rings is 2. The highest BCUT2D eigenvalue weighted by Gasteiger charge is 2.09. The van der Waals surface area contributed by atoms with Crippen molar-refractivity contribution in [2.24, 2.45) is 0 Å². The lowest BCUT2D eigenvalue weighted by atomic mass is 10.1. The number of likely N-dealkylation sites (N-methyl/N-ethyl adjacent to an activating group) is 1. The Balaban J connectivity index is 1.94. The Morgan fingerprint density at radius 1 is 1.12 bits per heavy atom. The fourth-order valence-electron chi connectivity index (χ4n) is 1.97. The van der Waals surface area contributed by atoms with Crippen molar-refractivity contribution in [3.05, 3.63) is 59.4 Å². The van der Waals surface area contributed by atoms with Crippen LogP contribution in [0.1, 0.15) is 22.8 Å². The molecule has 0 aromatic heterocycles. The zero-order valence-electron chi connectivity index (χ0n) is 13.6. The minimum Gasteiger partial charge on any atom is -0.484 e. The van der Waals surface area contributed by atoms with Crippen LogP contribution in [0.15, 0.2) is 42.5 Å². The van der Waals surface area contributed by atoms with E-state index in [2.05, 4.69) is 10.6 Å². The SMILES string of the molecule is CCNC(=O)COc1ccc(NC(=O)c2ccc(C)c(F)c2)cc1. The van der Waals surface area contributed by atoms with Gasteiger partial charge in [0.1, 0.15) is 11.6 Å². The van der Waals surface area contributed by atoms with Crippen molar-refractivity contribution in [2.45, 2.75) is 13.8 Å². The quantitative estimate of drug-likeness (QED) is 0.856. The van der Waals surface area contributed by atoms with Gasteiger partial charge in [-0.1, -0.05) is 6.07 Å². The molecule has 0 radical (unpaired) electrons. The number of carbonyl (C=O) groups is 2. The maximum Gasteiger partial charge on any atom is 0.257 e. The Labute approximate surface area is 139 Å². The fourth-order valence-corrected chi connectivity index (χ4v) is 1.97. The van der Waals surface area contributed by atoms with Gasteiger partial charge in [-0.15, -0.1) is 0 Å². The second-order valence-corrected chi connectivity index (χ2v) is 5.18. The molecule has 2 rings (SSSR count). The molecule has 0 unspecified atom stereocenters. The maximum atomic E-state index is 13.5. The van der Waals surface area contributed by atoms with Crippen LogP contribution in [0.25, 0.3) is 0 Å². The predicted octanol–water partition coefficient (Wildman–Crippen LogP) is 2.90. The van der Waals surface area contributed by atoms with E-state index in [1.54, 1.807) is 43.3 Å². The average Bonchev–Trinajstić information content (AvgIpc) is 2.57. The van der Waals surface area contributed by atoms with Crippen LogP contribution in [0.5, 0.6) is 5.75 Å². The van der Waals surface area contributed by atoms with Gasteiger partial charge in [-0.2, -0.15) is 0 Å². The van der Waals surface area contributed by atoms with Crippen molar-refractivity contribution in [1.82, 2.24) is 5.32 Å². The number of nitrogens with one attached hydrogen (secondary N) is 2. The van der Waals surface area contributed by atoms with Crippen LogP contribution in [0.3, 0.4) is 0 Å². The fraction of sp³-hybridized carbons (Fsp3) is 0.222. The molecule has 0 spiro atoms. The molecule has 0 aliphatic rings. The van der Waals surface area contributed by atoms with Crippen LogP contribution >= 0.6 is 0 Å². The van der Waals surface area contributed by atoms with Gasteiger partial charge in [0, 0.05) is 17.8 Å². The minimum absolute atomic E-state index is 0.0673. The van der Waals surface area contributed by atoms with Crippen LogP contribution < -0.4 is 15.4 Å². The van der Waals surface area contributed by atoms with E-state index in [9.17, 15) is 14.0 Å². The summed E-state index contributed by atoms with van der Waals surface area (Å²) in [4.78, 5) is 23.4. The summed E-state index contributed by atoms with van der Waals surface area (Å²) in [6.45, 7) is 3.95. The number of hydrogen-bond acceptors (Lipinski definition) is 3. The normalized spacial score (nSPS) is 10.1. The Hall–Kier alpha value is -2.89. The van der Waals surface area contributed by atoms with Gasteiger partial charge in [0.15, 0.2) is 6.61 Å². The van der Waals surface area contributed by atoms with Gasteiger partial charge in [0.2, 0.25) is 0 Å². The van der Waals surface area contributed by atoms with Gasteiger partial charge in [-0.3, -0.25) is 9.59 Å². The highest BCUT2D eigenvalue weighted by molar-refractivity contribution is 6.04. The molecule has 6 heteroatoms. The van der Waals surface area contributed by atoms with Crippen LogP contribution in [0.4, 0.5) is 10.1 Å². The zero-order valence-corrected chi connectivity index (χ0v) is 13.6. The van der Waals surface area contributed by atoms with Crippen molar-refractivity contribution >= 4 is 17.5 Å². The van der Waals surface area contributed by atoms with E-state index in [1.165, 1.54) is 6.07 Å². The molecule has 0 atom stereocenters. The van der Waals surface area contributed by atoms with Crippen molar-refractivity contribution < 1.29 is 18.7 Å². The third kappa shape index (κ3) is 4.81. The first-order chi connectivity index (χ1) is 11.5. The standard InChI is InChI=1S/C18H19FN2O3/c1-3-20-17(22)11-24-15-8-6-14(7-9-15)21-18(23)13-5-4-12(2)16(19)10-13/h4-10H,3,11H2,1-2H3,(H,20,22)(H,21,23). The highest BCUT2D eigenvalue weighted by Crippen LogP contribution is 2.17. The molecule has 0 saturated heterocycles. The van der Waals surface area contributed by atoms with E-state index in [4.69, 9.17) is 4.74 Å². The molecule has 2 aromatic rings. The van der Waals surface area contributed by atoms with Crippen molar-refractivity contribution in [3.8, 4) is 5.75 Å². The summed E-state index contributed by atoms with van der Waals surface area (Å²) < 4.78 is 18.8. The van der Waals surface area contributed by atoms with Crippen LogP contribution in [-0.2, 0) is 4.79 Å². The number of aryl methyl sites for hydroxylation is 1. The molecular formula is C18H19FN2O3. The van der Waals surface area contributed by atoms with Crippen LogP contribution in [-0.4, -0.2) is 25.0 Å². The van der Waals surface area contributed by atoms with E-state index in [1.807, 2.05) is 6.92 Å². The summed E-state index contributed by atoms with van der Waals surface area (Å²) in [5.41, 5.74) is 1.28. The second kappa shape index (κ2) is 8.10. The number of amides is 2. The van der Waals surface area contributed by atoms with Gasteiger partial charge in [-0.25, -0.2) is 4.39 Å². The monoisotopic (exact) mass is 330 g/mol. The van der Waals surface area contributed by atoms with Crippen LogP contribution in [0.2, 0.25) is 0 Å². The van der Waals surface area contributed by atoms with Gasteiger partial charge in [-0.05, 0) is 55.8 Å². The molecule has 0 aliphatic carbocycles. The zero-order chi connectivity index (χ0) is 17.5. The molecule has 0 heterocycles. The molecule has 5 nitrogen and oxygen atoms in total. The van der Waals surface area contributed by atoms with E-state index in [0.29, 0.717) is 23.5 Å². The van der Waals surface area contributed by atoms with Gasteiger partial charge in [0.25, 0.3) is 11.8 Å². The molecule has 2 amide bonds.